The molecule has 1 atom stereocenters. The van der Waals surface area contributed by atoms with E-state index in [1.807, 2.05) is 13.1 Å². The van der Waals surface area contributed by atoms with Crippen LogP contribution in [0.3, 0.4) is 0 Å². The molecule has 0 saturated carbocycles. The van der Waals surface area contributed by atoms with Gasteiger partial charge in [-0.15, -0.1) is 11.3 Å². The van der Waals surface area contributed by atoms with Gasteiger partial charge in [0, 0.05) is 23.4 Å². The fraction of sp³-hybridized carbons (Fsp3) is 0.500. The van der Waals surface area contributed by atoms with E-state index >= 15 is 0 Å². The lowest BCUT2D eigenvalue weighted by molar-refractivity contribution is 0.804. The zero-order valence-electron chi connectivity index (χ0n) is 6.66. The van der Waals surface area contributed by atoms with E-state index in [0.29, 0.717) is 12.3 Å². The van der Waals surface area contributed by atoms with Crippen LogP contribution in [-0.2, 0) is 0 Å². The fourth-order valence-electron chi connectivity index (χ4n) is 0.843. The Bertz CT molecular complexity index is 272. The molecule has 0 aliphatic carbocycles. The van der Waals surface area contributed by atoms with Crippen LogP contribution in [0.1, 0.15) is 29.1 Å². The Morgan fingerprint density at radius 2 is 2.55 bits per heavy atom. The van der Waals surface area contributed by atoms with E-state index in [1.165, 1.54) is 4.88 Å². The number of thiazole rings is 1. The molecule has 0 bridgehead atoms. The van der Waals surface area contributed by atoms with E-state index in [2.05, 4.69) is 18.0 Å². The molecule has 0 N–H and O–H groups in total. The Balaban J connectivity index is 2.70. The number of hydrogen-bond acceptors (Lipinski definition) is 3. The van der Waals surface area contributed by atoms with Crippen molar-refractivity contribution in [2.24, 2.45) is 0 Å². The molecule has 1 heterocycles. The number of aryl methyl sites for hydroxylation is 1. The number of nitriles is 1. The molecule has 0 aromatic carbocycles. The minimum absolute atomic E-state index is 0.339. The summed E-state index contributed by atoms with van der Waals surface area (Å²) in [6.45, 7) is 4.03. The van der Waals surface area contributed by atoms with Gasteiger partial charge in [0.05, 0.1) is 11.1 Å². The van der Waals surface area contributed by atoms with Crippen LogP contribution in [0.25, 0.3) is 0 Å². The van der Waals surface area contributed by atoms with Crippen molar-refractivity contribution in [3.05, 3.63) is 16.1 Å². The van der Waals surface area contributed by atoms with Gasteiger partial charge in [0.25, 0.3) is 0 Å². The lowest BCUT2D eigenvalue weighted by atomic mass is 10.1. The molecular formula is C8H10N2S. The maximum absolute atomic E-state index is 8.44. The molecule has 1 aromatic rings. The van der Waals surface area contributed by atoms with Gasteiger partial charge < -0.3 is 0 Å². The van der Waals surface area contributed by atoms with Crippen LogP contribution in [0.4, 0.5) is 0 Å². The lowest BCUT2D eigenvalue weighted by Gasteiger charge is -1.99. The standard InChI is InChI=1S/C8H10N2S/c1-6(3-4-9)8-5-10-7(2)11-8/h5-6H,3H2,1-2H3. The highest BCUT2D eigenvalue weighted by Gasteiger charge is 2.06. The van der Waals surface area contributed by atoms with Crippen molar-refractivity contribution in [2.75, 3.05) is 0 Å². The molecule has 58 valence electrons. The maximum atomic E-state index is 8.44. The zero-order valence-corrected chi connectivity index (χ0v) is 7.48. The predicted molar refractivity (Wildman–Crippen MR) is 45.5 cm³/mol. The largest absolute Gasteiger partial charge is 0.250 e. The summed E-state index contributed by atoms with van der Waals surface area (Å²) in [6.07, 6.45) is 2.45. The van der Waals surface area contributed by atoms with Crippen LogP contribution in [0.15, 0.2) is 6.20 Å². The summed E-state index contributed by atoms with van der Waals surface area (Å²) in [5, 5.41) is 9.51. The second-order valence-electron chi connectivity index (χ2n) is 2.54. The molecule has 0 fully saturated rings. The van der Waals surface area contributed by atoms with Crippen LogP contribution in [0.5, 0.6) is 0 Å². The molecule has 1 rings (SSSR count). The number of nitrogens with zero attached hydrogens (tertiary/aromatic N) is 2. The van der Waals surface area contributed by atoms with Crippen LogP contribution in [0, 0.1) is 18.3 Å². The summed E-state index contributed by atoms with van der Waals surface area (Å²) in [6, 6.07) is 2.15. The average Bonchev–Trinajstić information content (AvgIpc) is 2.36. The Morgan fingerprint density at radius 1 is 1.82 bits per heavy atom. The Hall–Kier alpha value is -0.880. The van der Waals surface area contributed by atoms with Crippen molar-refractivity contribution >= 4 is 11.3 Å². The van der Waals surface area contributed by atoms with E-state index in [1.54, 1.807) is 11.3 Å². The van der Waals surface area contributed by atoms with Gasteiger partial charge >= 0.3 is 0 Å². The minimum atomic E-state index is 0.339. The first kappa shape index (κ1) is 8.22. The second kappa shape index (κ2) is 3.49. The number of rotatable bonds is 2. The summed E-state index contributed by atoms with van der Waals surface area (Å²) in [5.74, 6) is 0.339. The van der Waals surface area contributed by atoms with E-state index < -0.39 is 0 Å². The summed E-state index contributed by atoms with van der Waals surface area (Å²) in [5.41, 5.74) is 0. The van der Waals surface area contributed by atoms with Gasteiger partial charge in [-0.2, -0.15) is 5.26 Å². The van der Waals surface area contributed by atoms with Gasteiger partial charge in [0.2, 0.25) is 0 Å². The van der Waals surface area contributed by atoms with Crippen molar-refractivity contribution in [3.63, 3.8) is 0 Å². The monoisotopic (exact) mass is 166 g/mol. The first-order valence-electron chi connectivity index (χ1n) is 3.53. The Kier molecular flexibility index (Phi) is 2.61. The number of hydrogen-bond donors (Lipinski definition) is 0. The summed E-state index contributed by atoms with van der Waals surface area (Å²) in [4.78, 5) is 5.34. The Morgan fingerprint density at radius 3 is 3.00 bits per heavy atom. The predicted octanol–water partition coefficient (Wildman–Crippen LogP) is 2.47. The molecule has 0 aliphatic rings. The topological polar surface area (TPSA) is 36.7 Å². The summed E-state index contributed by atoms with van der Waals surface area (Å²) in [7, 11) is 0. The summed E-state index contributed by atoms with van der Waals surface area (Å²) >= 11 is 1.67. The molecule has 3 heteroatoms. The molecule has 2 nitrogen and oxygen atoms in total. The minimum Gasteiger partial charge on any atom is -0.250 e. The van der Waals surface area contributed by atoms with Crippen molar-refractivity contribution in [1.82, 2.24) is 4.98 Å². The van der Waals surface area contributed by atoms with Gasteiger partial charge in [0.1, 0.15) is 0 Å². The van der Waals surface area contributed by atoms with E-state index in [0.717, 1.165) is 5.01 Å². The normalized spacial score (nSPS) is 12.5. The SMILES string of the molecule is Cc1ncc(C(C)CC#N)s1. The smallest absolute Gasteiger partial charge is 0.0896 e. The molecule has 11 heavy (non-hydrogen) atoms. The molecule has 1 aromatic heterocycles. The van der Waals surface area contributed by atoms with Crippen molar-refractivity contribution < 1.29 is 0 Å². The van der Waals surface area contributed by atoms with E-state index in [9.17, 15) is 0 Å². The highest BCUT2D eigenvalue weighted by Crippen LogP contribution is 2.23. The molecular weight excluding hydrogens is 156 g/mol. The first-order valence-corrected chi connectivity index (χ1v) is 4.35. The third-order valence-electron chi connectivity index (χ3n) is 1.52. The van der Waals surface area contributed by atoms with Crippen LogP contribution >= 0.6 is 11.3 Å². The third-order valence-corrected chi connectivity index (χ3v) is 2.67. The average molecular weight is 166 g/mol. The van der Waals surface area contributed by atoms with Crippen molar-refractivity contribution in [2.45, 2.75) is 26.2 Å². The van der Waals surface area contributed by atoms with Crippen molar-refractivity contribution in [1.29, 1.82) is 5.26 Å². The Labute approximate surface area is 70.5 Å². The van der Waals surface area contributed by atoms with E-state index in [-0.39, 0.29) is 0 Å². The molecule has 0 aliphatic heterocycles. The first-order chi connectivity index (χ1) is 5.24. The zero-order chi connectivity index (χ0) is 8.27. The number of aromatic nitrogens is 1. The van der Waals surface area contributed by atoms with Crippen LogP contribution in [-0.4, -0.2) is 4.98 Å². The molecule has 1 unspecified atom stereocenters. The lowest BCUT2D eigenvalue weighted by Crippen LogP contribution is -1.86. The highest BCUT2D eigenvalue weighted by atomic mass is 32.1. The van der Waals surface area contributed by atoms with E-state index in [4.69, 9.17) is 5.26 Å². The van der Waals surface area contributed by atoms with Crippen molar-refractivity contribution in [3.8, 4) is 6.07 Å². The van der Waals surface area contributed by atoms with Gasteiger partial charge in [-0.3, -0.25) is 0 Å². The van der Waals surface area contributed by atoms with Crippen LogP contribution < -0.4 is 0 Å². The molecule has 0 radical (unpaired) electrons. The van der Waals surface area contributed by atoms with Gasteiger partial charge in [-0.25, -0.2) is 4.98 Å². The maximum Gasteiger partial charge on any atom is 0.0896 e. The van der Waals surface area contributed by atoms with Crippen LogP contribution in [0.2, 0.25) is 0 Å². The molecule has 0 saturated heterocycles. The van der Waals surface area contributed by atoms with Gasteiger partial charge in [-0.05, 0) is 6.92 Å². The molecule has 0 spiro atoms. The second-order valence-corrected chi connectivity index (χ2v) is 3.81. The fourth-order valence-corrected chi connectivity index (χ4v) is 1.68. The van der Waals surface area contributed by atoms with Gasteiger partial charge in [0.15, 0.2) is 0 Å². The quantitative estimate of drug-likeness (QED) is 0.676. The summed E-state index contributed by atoms with van der Waals surface area (Å²) < 4.78 is 0. The molecule has 0 amide bonds. The highest BCUT2D eigenvalue weighted by molar-refractivity contribution is 7.11. The van der Waals surface area contributed by atoms with Gasteiger partial charge in [-0.1, -0.05) is 6.92 Å². The third kappa shape index (κ3) is 2.02.